The summed E-state index contributed by atoms with van der Waals surface area (Å²) in [5, 5.41) is 14.3. The number of aromatic nitrogens is 2. The largest absolute Gasteiger partial charge is 0.507 e. The van der Waals surface area contributed by atoms with Gasteiger partial charge in [-0.3, -0.25) is 0 Å². The fourth-order valence-electron chi connectivity index (χ4n) is 2.23. The van der Waals surface area contributed by atoms with E-state index in [9.17, 15) is 5.11 Å². The number of rotatable bonds is 2. The van der Waals surface area contributed by atoms with Crippen molar-refractivity contribution in [3.8, 4) is 17.2 Å². The van der Waals surface area contributed by atoms with E-state index in [0.717, 1.165) is 25.9 Å². The second kappa shape index (κ2) is 5.09. The first-order valence-corrected chi connectivity index (χ1v) is 6.69. The Morgan fingerprint density at radius 2 is 2.00 bits per heavy atom. The van der Waals surface area contributed by atoms with Gasteiger partial charge in [0, 0.05) is 18.1 Å². The van der Waals surface area contributed by atoms with Crippen LogP contribution in [0.15, 0.2) is 22.7 Å². The molecule has 100 valence electrons. The average Bonchev–Trinajstić information content (AvgIpc) is 2.92. The number of hydrogen-bond donors (Lipinski definition) is 1. The summed E-state index contributed by atoms with van der Waals surface area (Å²) in [6.07, 6.45) is 3.54. The third kappa shape index (κ3) is 2.51. The van der Waals surface area contributed by atoms with Gasteiger partial charge in [-0.1, -0.05) is 11.6 Å². The van der Waals surface area contributed by atoms with Crippen molar-refractivity contribution in [2.45, 2.75) is 19.3 Å². The molecule has 5 nitrogen and oxygen atoms in total. The normalized spacial score (nSPS) is 15.7. The van der Waals surface area contributed by atoms with Gasteiger partial charge in [0.2, 0.25) is 0 Å². The van der Waals surface area contributed by atoms with E-state index in [4.69, 9.17) is 16.1 Å². The molecule has 1 fully saturated rings. The predicted octanol–water partition coefficient (Wildman–Crippen LogP) is 3.09. The van der Waals surface area contributed by atoms with Crippen molar-refractivity contribution in [3.63, 3.8) is 0 Å². The Morgan fingerprint density at radius 3 is 2.79 bits per heavy atom. The lowest BCUT2D eigenvalue weighted by Crippen LogP contribution is -2.30. The average molecular weight is 280 g/mol. The van der Waals surface area contributed by atoms with E-state index in [1.165, 1.54) is 12.5 Å². The molecule has 0 saturated carbocycles. The lowest BCUT2D eigenvalue weighted by molar-refractivity contribution is 0.421. The predicted molar refractivity (Wildman–Crippen MR) is 72.5 cm³/mol. The minimum absolute atomic E-state index is 0.0817. The Morgan fingerprint density at radius 1 is 1.21 bits per heavy atom. The maximum absolute atomic E-state index is 9.81. The Hall–Kier alpha value is -1.75. The quantitative estimate of drug-likeness (QED) is 0.915. The van der Waals surface area contributed by atoms with Gasteiger partial charge in [-0.2, -0.15) is 4.98 Å². The molecule has 0 spiro atoms. The molecular formula is C13H14ClN3O2. The van der Waals surface area contributed by atoms with Gasteiger partial charge in [-0.25, -0.2) is 0 Å². The Labute approximate surface area is 115 Å². The van der Waals surface area contributed by atoms with Crippen molar-refractivity contribution in [1.82, 2.24) is 10.1 Å². The van der Waals surface area contributed by atoms with Crippen molar-refractivity contribution in [2.24, 2.45) is 0 Å². The smallest absolute Gasteiger partial charge is 0.266 e. The number of anilines is 1. The maximum atomic E-state index is 9.81. The summed E-state index contributed by atoms with van der Waals surface area (Å²) < 4.78 is 5.22. The fourth-order valence-corrected chi connectivity index (χ4v) is 2.40. The first kappa shape index (κ1) is 12.3. The molecule has 0 unspecified atom stereocenters. The molecule has 1 N–H and O–H groups in total. The number of piperidine rings is 1. The van der Waals surface area contributed by atoms with Gasteiger partial charge in [0.25, 0.3) is 11.8 Å². The van der Waals surface area contributed by atoms with Gasteiger partial charge in [0.05, 0.1) is 5.56 Å². The zero-order valence-electron chi connectivity index (χ0n) is 10.3. The second-order valence-electron chi connectivity index (χ2n) is 4.61. The van der Waals surface area contributed by atoms with Crippen molar-refractivity contribution < 1.29 is 9.63 Å². The van der Waals surface area contributed by atoms with Crippen molar-refractivity contribution >= 4 is 17.5 Å². The van der Waals surface area contributed by atoms with Crippen molar-refractivity contribution in [2.75, 3.05) is 18.0 Å². The van der Waals surface area contributed by atoms with Gasteiger partial charge in [0.15, 0.2) is 0 Å². The van der Waals surface area contributed by atoms with Crippen LogP contribution in [0.3, 0.4) is 0 Å². The van der Waals surface area contributed by atoms with Crippen LogP contribution >= 0.6 is 11.6 Å². The molecule has 6 heteroatoms. The Kier molecular flexibility index (Phi) is 3.29. The molecule has 1 saturated heterocycles. The summed E-state index contributed by atoms with van der Waals surface area (Å²) in [6, 6.07) is 4.75. The number of benzene rings is 1. The summed E-state index contributed by atoms with van der Waals surface area (Å²) in [4.78, 5) is 6.43. The fraction of sp³-hybridized carbons (Fsp3) is 0.385. The lowest BCUT2D eigenvalue weighted by atomic mass is 10.1. The SMILES string of the molecule is Oc1ccc(Cl)cc1-c1nc(N2CCCCC2)no1. The van der Waals surface area contributed by atoms with Crippen LogP contribution in [0.2, 0.25) is 5.02 Å². The third-order valence-corrected chi connectivity index (χ3v) is 3.48. The van der Waals surface area contributed by atoms with E-state index in [1.807, 2.05) is 0 Å². The van der Waals surface area contributed by atoms with Crippen molar-refractivity contribution in [1.29, 1.82) is 0 Å². The summed E-state index contributed by atoms with van der Waals surface area (Å²) in [5.41, 5.74) is 0.461. The van der Waals surface area contributed by atoms with Crippen LogP contribution in [0, 0.1) is 0 Å². The molecule has 0 amide bonds. The summed E-state index contributed by atoms with van der Waals surface area (Å²) >= 11 is 5.91. The molecule has 0 bridgehead atoms. The number of aromatic hydroxyl groups is 1. The molecule has 1 aliphatic heterocycles. The van der Waals surface area contributed by atoms with Crippen molar-refractivity contribution in [3.05, 3.63) is 23.2 Å². The van der Waals surface area contributed by atoms with Gasteiger partial charge >= 0.3 is 0 Å². The standard InChI is InChI=1S/C13H14ClN3O2/c14-9-4-5-11(18)10(8-9)12-15-13(16-19-12)17-6-2-1-3-7-17/h4-5,8,18H,1-3,6-7H2. The van der Waals surface area contributed by atoms with Gasteiger partial charge in [-0.15, -0.1) is 0 Å². The Balaban J connectivity index is 1.89. The molecule has 2 aromatic rings. The number of halogens is 1. The van der Waals surface area contributed by atoms with Crippen LogP contribution < -0.4 is 4.90 Å². The summed E-state index contributed by atoms with van der Waals surface area (Å²) in [7, 11) is 0. The van der Waals surface area contributed by atoms with E-state index < -0.39 is 0 Å². The lowest BCUT2D eigenvalue weighted by Gasteiger charge is -2.24. The molecule has 1 aromatic heterocycles. The molecule has 19 heavy (non-hydrogen) atoms. The van der Waals surface area contributed by atoms with E-state index in [-0.39, 0.29) is 5.75 Å². The second-order valence-corrected chi connectivity index (χ2v) is 5.05. The van der Waals surface area contributed by atoms with E-state index in [0.29, 0.717) is 22.4 Å². The van der Waals surface area contributed by atoms with Crippen LogP contribution in [0.1, 0.15) is 19.3 Å². The van der Waals surface area contributed by atoms with Crippen LogP contribution in [0.25, 0.3) is 11.5 Å². The van der Waals surface area contributed by atoms with Crippen LogP contribution in [-0.4, -0.2) is 28.3 Å². The number of nitrogens with zero attached hydrogens (tertiary/aromatic N) is 3. The third-order valence-electron chi connectivity index (χ3n) is 3.24. The van der Waals surface area contributed by atoms with Gasteiger partial charge < -0.3 is 14.5 Å². The Bertz CT molecular complexity index is 579. The van der Waals surface area contributed by atoms with E-state index in [1.54, 1.807) is 12.1 Å². The molecule has 3 rings (SSSR count). The summed E-state index contributed by atoms with van der Waals surface area (Å²) in [5.74, 6) is 0.952. The molecule has 0 aliphatic carbocycles. The first-order valence-electron chi connectivity index (χ1n) is 6.31. The molecule has 0 atom stereocenters. The molecule has 0 radical (unpaired) electrons. The molecular weight excluding hydrogens is 266 g/mol. The maximum Gasteiger partial charge on any atom is 0.266 e. The molecule has 1 aromatic carbocycles. The minimum Gasteiger partial charge on any atom is -0.507 e. The monoisotopic (exact) mass is 279 g/mol. The highest BCUT2D eigenvalue weighted by molar-refractivity contribution is 6.30. The zero-order valence-corrected chi connectivity index (χ0v) is 11.1. The topological polar surface area (TPSA) is 62.4 Å². The highest BCUT2D eigenvalue weighted by Gasteiger charge is 2.19. The van der Waals surface area contributed by atoms with E-state index >= 15 is 0 Å². The number of hydrogen-bond acceptors (Lipinski definition) is 5. The number of phenols is 1. The molecule has 2 heterocycles. The van der Waals surface area contributed by atoms with E-state index in [2.05, 4.69) is 15.0 Å². The van der Waals surface area contributed by atoms with Crippen LogP contribution in [0.5, 0.6) is 5.75 Å². The van der Waals surface area contributed by atoms with Gasteiger partial charge in [0.1, 0.15) is 5.75 Å². The zero-order chi connectivity index (χ0) is 13.2. The number of phenolic OH excluding ortho intramolecular Hbond substituents is 1. The minimum atomic E-state index is 0.0817. The summed E-state index contributed by atoms with van der Waals surface area (Å²) in [6.45, 7) is 1.89. The molecule has 1 aliphatic rings. The highest BCUT2D eigenvalue weighted by Crippen LogP contribution is 2.31. The van der Waals surface area contributed by atoms with Crippen LogP contribution in [0.4, 0.5) is 5.95 Å². The van der Waals surface area contributed by atoms with Gasteiger partial charge in [-0.05, 0) is 42.6 Å². The van der Waals surface area contributed by atoms with Crippen LogP contribution in [-0.2, 0) is 0 Å². The highest BCUT2D eigenvalue weighted by atomic mass is 35.5. The first-order chi connectivity index (χ1) is 9.24.